The molecule has 0 bridgehead atoms. The number of benzene rings is 1. The van der Waals surface area contributed by atoms with E-state index >= 15 is 0 Å². The summed E-state index contributed by atoms with van der Waals surface area (Å²) in [5, 5.41) is 8.98. The van der Waals surface area contributed by atoms with Crippen molar-refractivity contribution in [3.8, 4) is 0 Å². The quantitative estimate of drug-likeness (QED) is 0.467. The Balaban J connectivity index is 0.00000324. The molecule has 3 N–H and O–H groups in total. The maximum absolute atomic E-state index is 13.2. The van der Waals surface area contributed by atoms with Crippen LogP contribution in [0.1, 0.15) is 25.0 Å². The molecule has 1 aromatic rings. The second-order valence-corrected chi connectivity index (χ2v) is 3.93. The predicted molar refractivity (Wildman–Crippen MR) is 86.0 cm³/mol. The third kappa shape index (κ3) is 5.32. The van der Waals surface area contributed by atoms with Crippen molar-refractivity contribution < 1.29 is 9.50 Å². The van der Waals surface area contributed by atoms with Crippen molar-refractivity contribution in [2.75, 3.05) is 13.1 Å². The van der Waals surface area contributed by atoms with Gasteiger partial charge in [-0.3, -0.25) is 0 Å². The highest BCUT2D eigenvalue weighted by Crippen LogP contribution is 2.11. The van der Waals surface area contributed by atoms with Crippen LogP contribution in [0, 0.1) is 5.82 Å². The van der Waals surface area contributed by atoms with Crippen LogP contribution < -0.4 is 5.73 Å². The minimum absolute atomic E-state index is 0. The van der Waals surface area contributed by atoms with Crippen molar-refractivity contribution in [2.45, 2.75) is 27.0 Å². The van der Waals surface area contributed by atoms with Gasteiger partial charge in [-0.2, -0.15) is 0 Å². The Labute approximate surface area is 130 Å². The first-order valence-electron chi connectivity index (χ1n) is 6.05. The molecule has 108 valence electrons. The zero-order valence-electron chi connectivity index (χ0n) is 11.3. The summed E-state index contributed by atoms with van der Waals surface area (Å²) in [6, 6.07) is 4.59. The third-order valence-electron chi connectivity index (χ3n) is 2.79. The van der Waals surface area contributed by atoms with E-state index in [1.807, 2.05) is 18.7 Å². The summed E-state index contributed by atoms with van der Waals surface area (Å²) in [5.41, 5.74) is 6.95. The van der Waals surface area contributed by atoms with E-state index in [1.54, 1.807) is 12.1 Å². The summed E-state index contributed by atoms with van der Waals surface area (Å²) in [4.78, 5) is 6.20. The third-order valence-corrected chi connectivity index (χ3v) is 2.79. The van der Waals surface area contributed by atoms with E-state index in [4.69, 9.17) is 10.8 Å². The van der Waals surface area contributed by atoms with Crippen LogP contribution in [0.5, 0.6) is 0 Å². The van der Waals surface area contributed by atoms with Crippen molar-refractivity contribution in [3.63, 3.8) is 0 Å². The minimum atomic E-state index is -0.401. The highest BCUT2D eigenvalue weighted by Gasteiger charge is 2.04. The van der Waals surface area contributed by atoms with Crippen LogP contribution in [0.2, 0.25) is 0 Å². The fraction of sp³-hybridized carbons (Fsp3) is 0.462. The van der Waals surface area contributed by atoms with Gasteiger partial charge in [-0.15, -0.1) is 24.0 Å². The molecule has 0 aliphatic carbocycles. The van der Waals surface area contributed by atoms with Crippen LogP contribution in [-0.2, 0) is 13.2 Å². The van der Waals surface area contributed by atoms with Crippen LogP contribution in [0.25, 0.3) is 0 Å². The minimum Gasteiger partial charge on any atom is -0.392 e. The molecule has 0 unspecified atom stereocenters. The number of nitrogens with zero attached hydrogens (tertiary/aromatic N) is 2. The number of aliphatic hydroxyl groups excluding tert-OH is 1. The molecule has 0 aromatic heterocycles. The van der Waals surface area contributed by atoms with E-state index in [-0.39, 0.29) is 36.1 Å². The Morgan fingerprint density at radius 3 is 2.53 bits per heavy atom. The first-order chi connectivity index (χ1) is 8.62. The molecule has 4 nitrogen and oxygen atoms in total. The zero-order valence-corrected chi connectivity index (χ0v) is 13.6. The lowest BCUT2D eigenvalue weighted by atomic mass is 10.1. The Morgan fingerprint density at radius 2 is 2.00 bits per heavy atom. The molecule has 0 saturated carbocycles. The molecule has 0 aliphatic heterocycles. The highest BCUT2D eigenvalue weighted by molar-refractivity contribution is 14.0. The molecule has 19 heavy (non-hydrogen) atoms. The lowest BCUT2D eigenvalue weighted by Gasteiger charge is -2.19. The molecule has 0 fully saturated rings. The second-order valence-electron chi connectivity index (χ2n) is 3.93. The molecule has 0 atom stereocenters. The lowest BCUT2D eigenvalue weighted by molar-refractivity contribution is 0.275. The summed E-state index contributed by atoms with van der Waals surface area (Å²) in [6.07, 6.45) is 0. The normalized spacial score (nSPS) is 11.1. The van der Waals surface area contributed by atoms with Gasteiger partial charge in [0.05, 0.1) is 13.2 Å². The van der Waals surface area contributed by atoms with Crippen molar-refractivity contribution in [3.05, 3.63) is 35.1 Å². The lowest BCUT2D eigenvalue weighted by Crippen LogP contribution is -2.37. The number of aliphatic hydroxyl groups is 1. The second kappa shape index (κ2) is 9.08. The van der Waals surface area contributed by atoms with Crippen molar-refractivity contribution in [1.29, 1.82) is 0 Å². The Hall–Kier alpha value is -0.890. The molecule has 0 aliphatic rings. The summed E-state index contributed by atoms with van der Waals surface area (Å²) < 4.78 is 13.2. The van der Waals surface area contributed by atoms with Gasteiger partial charge in [0.25, 0.3) is 0 Å². The maximum atomic E-state index is 13.2. The van der Waals surface area contributed by atoms with Crippen LogP contribution in [-0.4, -0.2) is 29.1 Å². The van der Waals surface area contributed by atoms with E-state index in [0.29, 0.717) is 12.5 Å². The summed E-state index contributed by atoms with van der Waals surface area (Å²) in [6.45, 7) is 5.69. The topological polar surface area (TPSA) is 61.8 Å². The number of guanidine groups is 1. The first kappa shape index (κ1) is 18.1. The summed E-state index contributed by atoms with van der Waals surface area (Å²) in [5.74, 6) is 0.0804. The monoisotopic (exact) mass is 381 g/mol. The zero-order chi connectivity index (χ0) is 13.5. The molecule has 6 heteroatoms. The van der Waals surface area contributed by atoms with Gasteiger partial charge in [-0.1, -0.05) is 6.07 Å². The fourth-order valence-corrected chi connectivity index (χ4v) is 1.67. The molecule has 1 aromatic carbocycles. The smallest absolute Gasteiger partial charge is 0.191 e. The number of hydrogen-bond acceptors (Lipinski definition) is 2. The Kier molecular flexibility index (Phi) is 8.66. The van der Waals surface area contributed by atoms with Gasteiger partial charge >= 0.3 is 0 Å². The van der Waals surface area contributed by atoms with Crippen molar-refractivity contribution in [2.24, 2.45) is 10.7 Å². The predicted octanol–water partition coefficient (Wildman–Crippen LogP) is 2.09. The van der Waals surface area contributed by atoms with Gasteiger partial charge in [0.2, 0.25) is 0 Å². The van der Waals surface area contributed by atoms with Gasteiger partial charge in [0.15, 0.2) is 5.96 Å². The highest BCUT2D eigenvalue weighted by atomic mass is 127. The molecule has 0 radical (unpaired) electrons. The van der Waals surface area contributed by atoms with Gasteiger partial charge in [-0.25, -0.2) is 9.38 Å². The average Bonchev–Trinajstić information content (AvgIpc) is 2.39. The molecule has 1 rings (SSSR count). The molecule has 0 saturated heterocycles. The number of rotatable bonds is 5. The molecule has 0 heterocycles. The van der Waals surface area contributed by atoms with Gasteiger partial charge < -0.3 is 15.7 Å². The van der Waals surface area contributed by atoms with E-state index in [1.165, 1.54) is 6.07 Å². The summed E-state index contributed by atoms with van der Waals surface area (Å²) in [7, 11) is 0. The molecular formula is C13H21FIN3O. The van der Waals surface area contributed by atoms with E-state index in [9.17, 15) is 4.39 Å². The first-order valence-corrected chi connectivity index (χ1v) is 6.05. The van der Waals surface area contributed by atoms with Crippen LogP contribution in [0.4, 0.5) is 4.39 Å². The SMILES string of the molecule is CCN(CC)C(N)=NCc1ccc(F)c(CO)c1.I. The largest absolute Gasteiger partial charge is 0.392 e. The van der Waals surface area contributed by atoms with E-state index in [0.717, 1.165) is 18.7 Å². The van der Waals surface area contributed by atoms with Crippen LogP contribution in [0.3, 0.4) is 0 Å². The van der Waals surface area contributed by atoms with Gasteiger partial charge in [-0.05, 0) is 31.5 Å². The Morgan fingerprint density at radius 1 is 1.37 bits per heavy atom. The van der Waals surface area contributed by atoms with Crippen LogP contribution >= 0.6 is 24.0 Å². The Bertz CT molecular complexity index is 422. The van der Waals surface area contributed by atoms with Crippen LogP contribution in [0.15, 0.2) is 23.2 Å². The number of nitrogens with two attached hydrogens (primary N) is 1. The standard InChI is InChI=1S/C13H20FN3O.HI/c1-3-17(4-2)13(15)16-8-10-5-6-12(14)11(7-10)9-18;/h5-7,18H,3-4,8-9H2,1-2H3,(H2,15,16);1H. The van der Waals surface area contributed by atoms with Crippen molar-refractivity contribution in [1.82, 2.24) is 4.90 Å². The fourth-order valence-electron chi connectivity index (χ4n) is 1.67. The number of halogens is 2. The number of aliphatic imine (C=N–C) groups is 1. The van der Waals surface area contributed by atoms with E-state index < -0.39 is 5.82 Å². The maximum Gasteiger partial charge on any atom is 0.191 e. The number of hydrogen-bond donors (Lipinski definition) is 2. The molecule has 0 amide bonds. The van der Waals surface area contributed by atoms with E-state index in [2.05, 4.69) is 4.99 Å². The average molecular weight is 381 g/mol. The molecule has 0 spiro atoms. The van der Waals surface area contributed by atoms with Crippen molar-refractivity contribution >= 4 is 29.9 Å². The van der Waals surface area contributed by atoms with Gasteiger partial charge in [0.1, 0.15) is 5.82 Å². The molecular weight excluding hydrogens is 360 g/mol. The summed E-state index contributed by atoms with van der Waals surface area (Å²) >= 11 is 0. The van der Waals surface area contributed by atoms with Gasteiger partial charge in [0, 0.05) is 18.7 Å².